The molecular formula is C39H57F9O3. The quantitative estimate of drug-likeness (QED) is 0.131. The van der Waals surface area contributed by atoms with Crippen LogP contribution >= 0.6 is 0 Å². The van der Waals surface area contributed by atoms with Crippen molar-refractivity contribution in [1.29, 1.82) is 0 Å². The first-order valence-corrected chi connectivity index (χ1v) is 19.7. The molecule has 0 aromatic carbocycles. The van der Waals surface area contributed by atoms with Crippen molar-refractivity contribution < 1.29 is 53.7 Å². The smallest absolute Gasteiger partial charge is 0.378 e. The van der Waals surface area contributed by atoms with E-state index in [9.17, 15) is 30.7 Å². The van der Waals surface area contributed by atoms with Crippen molar-refractivity contribution in [2.24, 2.45) is 41.4 Å². The number of allylic oxidation sites excluding steroid dienone is 2. The van der Waals surface area contributed by atoms with Gasteiger partial charge in [0.05, 0.1) is 24.7 Å². The van der Waals surface area contributed by atoms with Gasteiger partial charge in [-0.1, -0.05) is 58.3 Å². The molecule has 1 aliphatic heterocycles. The summed E-state index contributed by atoms with van der Waals surface area (Å²) in [5.74, 6) is -3.22. The van der Waals surface area contributed by atoms with E-state index in [1.807, 2.05) is 0 Å². The molecule has 51 heavy (non-hydrogen) atoms. The summed E-state index contributed by atoms with van der Waals surface area (Å²) < 4.78 is 139. The molecular weight excluding hydrogens is 687 g/mol. The van der Waals surface area contributed by atoms with E-state index < -0.39 is 66.1 Å². The molecule has 5 aliphatic rings. The van der Waals surface area contributed by atoms with Crippen LogP contribution in [0.5, 0.6) is 0 Å². The predicted molar refractivity (Wildman–Crippen MR) is 176 cm³/mol. The number of rotatable bonds is 14. The average molecular weight is 745 g/mol. The first kappa shape index (κ1) is 40.9. The van der Waals surface area contributed by atoms with E-state index in [0.29, 0.717) is 37.7 Å². The van der Waals surface area contributed by atoms with E-state index in [2.05, 4.69) is 11.7 Å². The molecule has 0 spiro atoms. The molecule has 0 bridgehead atoms. The number of alkyl halides is 7. The molecule has 0 aromatic rings. The fraction of sp³-hybridized carbons (Fsp3) is 0.897. The van der Waals surface area contributed by atoms with Gasteiger partial charge in [0.2, 0.25) is 0 Å². The van der Waals surface area contributed by atoms with Gasteiger partial charge in [-0.3, -0.25) is 0 Å². The van der Waals surface area contributed by atoms with E-state index in [1.54, 1.807) is 0 Å². The van der Waals surface area contributed by atoms with Gasteiger partial charge >= 0.3 is 18.6 Å². The van der Waals surface area contributed by atoms with Crippen LogP contribution in [-0.2, 0) is 14.2 Å². The maximum absolute atomic E-state index is 15.4. The van der Waals surface area contributed by atoms with Crippen LogP contribution in [0.15, 0.2) is 23.3 Å². The molecule has 4 aliphatic carbocycles. The van der Waals surface area contributed by atoms with E-state index >= 15 is 8.78 Å². The zero-order valence-corrected chi connectivity index (χ0v) is 30.0. The van der Waals surface area contributed by atoms with Gasteiger partial charge < -0.3 is 9.47 Å². The van der Waals surface area contributed by atoms with E-state index in [1.165, 1.54) is 64.2 Å². The van der Waals surface area contributed by atoms with Crippen LogP contribution in [0.1, 0.15) is 142 Å². The van der Waals surface area contributed by atoms with Gasteiger partial charge in [0.1, 0.15) is 17.2 Å². The number of hydrogen-bond acceptors (Lipinski definition) is 3. The fourth-order valence-electron chi connectivity index (χ4n) is 9.87. The molecule has 3 atom stereocenters. The first-order chi connectivity index (χ1) is 24.1. The van der Waals surface area contributed by atoms with Crippen LogP contribution in [0.4, 0.5) is 39.5 Å². The number of ether oxygens (including phenoxy) is 3. The molecule has 1 saturated heterocycles. The molecule has 0 amide bonds. The summed E-state index contributed by atoms with van der Waals surface area (Å²) in [5.41, 5.74) is -2.06. The molecule has 2 unspecified atom stereocenters. The minimum absolute atomic E-state index is 0.129. The summed E-state index contributed by atoms with van der Waals surface area (Å²) in [6.45, 7) is 3.03. The molecule has 4 fully saturated rings. The minimum Gasteiger partial charge on any atom is -0.378 e. The Kier molecular flexibility index (Phi) is 14.4. The third-order valence-corrected chi connectivity index (χ3v) is 12.9. The van der Waals surface area contributed by atoms with Gasteiger partial charge in [0.15, 0.2) is 0 Å². The van der Waals surface area contributed by atoms with Gasteiger partial charge in [-0.05, 0) is 119 Å². The second kappa shape index (κ2) is 17.9. The second-order valence-corrected chi connectivity index (χ2v) is 16.2. The number of hydrogen-bond donors (Lipinski definition) is 0. The van der Waals surface area contributed by atoms with Crippen molar-refractivity contribution in [3.8, 4) is 0 Å². The Labute approximate surface area is 297 Å². The number of unbranched alkanes of at least 4 members (excludes halogenated alkanes) is 4. The highest BCUT2D eigenvalue weighted by Crippen LogP contribution is 2.49. The highest BCUT2D eigenvalue weighted by molar-refractivity contribution is 5.37. The Bertz CT molecular complexity index is 1140. The van der Waals surface area contributed by atoms with Crippen molar-refractivity contribution >= 4 is 0 Å². The largest absolute Gasteiger partial charge is 0.527 e. The lowest BCUT2D eigenvalue weighted by atomic mass is 9.71. The van der Waals surface area contributed by atoms with Gasteiger partial charge in [0, 0.05) is 6.42 Å². The topological polar surface area (TPSA) is 27.7 Å². The normalized spacial score (nSPS) is 34.8. The lowest BCUT2D eigenvalue weighted by Gasteiger charge is -2.42. The van der Waals surface area contributed by atoms with Crippen molar-refractivity contribution in [1.82, 2.24) is 0 Å². The minimum atomic E-state index is -5.80. The lowest BCUT2D eigenvalue weighted by molar-refractivity contribution is -0.412. The molecule has 294 valence electrons. The molecule has 5 rings (SSSR count). The zero-order chi connectivity index (χ0) is 36.8. The first-order valence-electron chi connectivity index (χ1n) is 19.7. The Morgan fingerprint density at radius 3 is 1.88 bits per heavy atom. The van der Waals surface area contributed by atoms with Gasteiger partial charge in [0.25, 0.3) is 0 Å². The highest BCUT2D eigenvalue weighted by atomic mass is 19.4. The monoisotopic (exact) mass is 744 g/mol. The summed E-state index contributed by atoms with van der Waals surface area (Å²) >= 11 is 0. The van der Waals surface area contributed by atoms with Crippen LogP contribution in [-0.4, -0.2) is 37.4 Å². The lowest BCUT2D eigenvalue weighted by Crippen LogP contribution is -2.42. The second-order valence-electron chi connectivity index (χ2n) is 16.2. The van der Waals surface area contributed by atoms with Crippen LogP contribution in [0.25, 0.3) is 0 Å². The number of halogens is 9. The molecule has 0 N–H and O–H groups in total. The van der Waals surface area contributed by atoms with Gasteiger partial charge in [-0.15, -0.1) is 13.2 Å². The Morgan fingerprint density at radius 1 is 0.686 bits per heavy atom. The van der Waals surface area contributed by atoms with E-state index in [0.717, 1.165) is 31.3 Å². The van der Waals surface area contributed by atoms with E-state index in [-0.39, 0.29) is 37.7 Å². The Morgan fingerprint density at radius 2 is 1.29 bits per heavy atom. The summed E-state index contributed by atoms with van der Waals surface area (Å²) in [5, 5.41) is 0. The molecule has 3 nitrogen and oxygen atoms in total. The summed E-state index contributed by atoms with van der Waals surface area (Å²) in [6.07, 6.45) is 3.51. The average Bonchev–Trinajstić information content (AvgIpc) is 3.07. The summed E-state index contributed by atoms with van der Waals surface area (Å²) in [7, 11) is 0. The predicted octanol–water partition coefficient (Wildman–Crippen LogP) is 13.1. The highest BCUT2D eigenvalue weighted by Gasteiger charge is 2.52. The van der Waals surface area contributed by atoms with Crippen molar-refractivity contribution in [2.45, 2.75) is 173 Å². The molecule has 12 heteroatoms. The zero-order valence-electron chi connectivity index (χ0n) is 30.0. The molecule has 1 heterocycles. The SMILES string of the molecule is CCCCCCCC1CCC(C2CCC(C3CCC(C(F)(F)OC4CCC([C@H]5C=C(F)C(C(F)(F)OC(F)(F)F)=C(F)C5)CC4)CC3)OC2)CC1. The Balaban J connectivity index is 0.988. The maximum atomic E-state index is 15.4. The third kappa shape index (κ3) is 11.4. The fourth-order valence-corrected chi connectivity index (χ4v) is 9.87. The maximum Gasteiger partial charge on any atom is 0.527 e. The Hall–Kier alpha value is -1.27. The standard InChI is InChI=1S/C39H57F9O3/c1-2-3-4-5-6-7-25-8-10-26(11-9-25)29-16-21-35(49-24-29)28-12-17-31(18-13-28)37(42,43)50-32-19-14-27(15-20-32)30-22-33(40)36(34(41)23-30)38(44,45)51-39(46,47)48/h22,25-32,35H,2-21,23-24H2,1H3/t25?,26?,27?,28?,29?,30-,31?,32?,35?/m0/s1. The van der Waals surface area contributed by atoms with Crippen LogP contribution in [0.3, 0.4) is 0 Å². The van der Waals surface area contributed by atoms with E-state index in [4.69, 9.17) is 9.47 Å². The van der Waals surface area contributed by atoms with Crippen molar-refractivity contribution in [3.05, 3.63) is 23.3 Å². The molecule has 0 radical (unpaired) electrons. The molecule has 0 aromatic heterocycles. The summed E-state index contributed by atoms with van der Waals surface area (Å²) in [6, 6.07) is 0. The van der Waals surface area contributed by atoms with Crippen LogP contribution in [0.2, 0.25) is 0 Å². The van der Waals surface area contributed by atoms with Crippen LogP contribution < -0.4 is 0 Å². The van der Waals surface area contributed by atoms with Crippen molar-refractivity contribution in [2.75, 3.05) is 6.61 Å². The van der Waals surface area contributed by atoms with Gasteiger partial charge in [-0.2, -0.15) is 17.6 Å². The van der Waals surface area contributed by atoms with Crippen LogP contribution in [0, 0.1) is 41.4 Å². The van der Waals surface area contributed by atoms with Gasteiger partial charge in [-0.25, -0.2) is 13.5 Å². The van der Waals surface area contributed by atoms with Crippen molar-refractivity contribution in [3.63, 3.8) is 0 Å². The summed E-state index contributed by atoms with van der Waals surface area (Å²) in [4.78, 5) is 0. The third-order valence-electron chi connectivity index (χ3n) is 12.9. The molecule has 3 saturated carbocycles.